The predicted octanol–water partition coefficient (Wildman–Crippen LogP) is 4.40. The van der Waals surface area contributed by atoms with Gasteiger partial charge in [0.1, 0.15) is 0 Å². The van der Waals surface area contributed by atoms with E-state index in [4.69, 9.17) is 0 Å². The van der Waals surface area contributed by atoms with E-state index < -0.39 is 0 Å². The van der Waals surface area contributed by atoms with Crippen LogP contribution in [0.15, 0.2) is 45.9 Å². The zero-order valence-corrected chi connectivity index (χ0v) is 12.2. The molecule has 0 N–H and O–H groups in total. The standard InChI is InChI=1S/C16H26N2/c1-5-10-15(3)11-8-7-9-12-16(14-17-4)18-13-6-2/h5,9-12,14H,6-8,13H2,1-4H3/b10-5?,12-9-,15-11?,17-14?,18-16?. The summed E-state index contributed by atoms with van der Waals surface area (Å²) in [5.41, 5.74) is 2.29. The third-order valence-corrected chi connectivity index (χ3v) is 2.30. The minimum Gasteiger partial charge on any atom is -0.294 e. The molecule has 0 aliphatic carbocycles. The van der Waals surface area contributed by atoms with E-state index in [1.165, 1.54) is 5.57 Å². The Labute approximate surface area is 112 Å². The number of allylic oxidation sites excluding steroid dienone is 6. The lowest BCUT2D eigenvalue weighted by Crippen LogP contribution is -1.96. The van der Waals surface area contributed by atoms with Crippen LogP contribution in [0.1, 0.15) is 40.0 Å². The summed E-state index contributed by atoms with van der Waals surface area (Å²) in [6, 6.07) is 0. The van der Waals surface area contributed by atoms with Gasteiger partial charge in [0.05, 0.1) is 5.71 Å². The summed E-state index contributed by atoms with van der Waals surface area (Å²) in [6.45, 7) is 7.16. The summed E-state index contributed by atoms with van der Waals surface area (Å²) in [7, 11) is 1.78. The lowest BCUT2D eigenvalue weighted by Gasteiger charge is -1.94. The molecule has 0 amide bonds. The van der Waals surface area contributed by atoms with Crippen LogP contribution in [-0.2, 0) is 0 Å². The van der Waals surface area contributed by atoms with E-state index in [2.05, 4.69) is 54.2 Å². The summed E-state index contributed by atoms with van der Waals surface area (Å²) in [6.07, 6.45) is 15.6. The Balaban J connectivity index is 4.16. The molecule has 0 fully saturated rings. The third kappa shape index (κ3) is 9.76. The first-order chi connectivity index (χ1) is 8.74. The van der Waals surface area contributed by atoms with Crippen molar-refractivity contribution in [1.82, 2.24) is 0 Å². The van der Waals surface area contributed by atoms with Crippen molar-refractivity contribution in [2.24, 2.45) is 9.98 Å². The number of unbranched alkanes of at least 4 members (excludes halogenated alkanes) is 1. The van der Waals surface area contributed by atoms with E-state index in [0.29, 0.717) is 0 Å². The summed E-state index contributed by atoms with van der Waals surface area (Å²) in [5.74, 6) is 0. The second-order valence-electron chi connectivity index (χ2n) is 4.12. The number of nitrogens with zero attached hydrogens (tertiary/aromatic N) is 2. The molecule has 0 heterocycles. The van der Waals surface area contributed by atoms with Crippen LogP contribution in [0.4, 0.5) is 0 Å². The van der Waals surface area contributed by atoms with Gasteiger partial charge < -0.3 is 0 Å². The highest BCUT2D eigenvalue weighted by Gasteiger charge is 1.88. The van der Waals surface area contributed by atoms with Crippen LogP contribution in [0.3, 0.4) is 0 Å². The first kappa shape index (κ1) is 16.6. The molecule has 0 aliphatic rings. The average molecular weight is 246 g/mol. The monoisotopic (exact) mass is 246 g/mol. The third-order valence-electron chi connectivity index (χ3n) is 2.30. The van der Waals surface area contributed by atoms with Gasteiger partial charge in [0.25, 0.3) is 0 Å². The second-order valence-corrected chi connectivity index (χ2v) is 4.12. The van der Waals surface area contributed by atoms with Crippen molar-refractivity contribution in [1.29, 1.82) is 0 Å². The van der Waals surface area contributed by atoms with E-state index in [-0.39, 0.29) is 0 Å². The van der Waals surface area contributed by atoms with E-state index >= 15 is 0 Å². The van der Waals surface area contributed by atoms with Crippen molar-refractivity contribution < 1.29 is 0 Å². The molecule has 0 saturated heterocycles. The van der Waals surface area contributed by atoms with Crippen LogP contribution < -0.4 is 0 Å². The Morgan fingerprint density at radius 2 is 1.94 bits per heavy atom. The molecular formula is C16H26N2. The topological polar surface area (TPSA) is 24.7 Å². The van der Waals surface area contributed by atoms with Crippen molar-refractivity contribution in [2.45, 2.75) is 40.0 Å². The summed E-state index contributed by atoms with van der Waals surface area (Å²) in [4.78, 5) is 8.46. The molecule has 0 unspecified atom stereocenters. The number of hydrogen-bond donors (Lipinski definition) is 0. The fourth-order valence-corrected chi connectivity index (χ4v) is 1.45. The van der Waals surface area contributed by atoms with Gasteiger partial charge >= 0.3 is 0 Å². The van der Waals surface area contributed by atoms with Crippen LogP contribution in [0.25, 0.3) is 0 Å². The van der Waals surface area contributed by atoms with Gasteiger partial charge in [0.2, 0.25) is 0 Å². The molecule has 0 bridgehead atoms. The van der Waals surface area contributed by atoms with E-state index in [1.807, 2.05) is 13.1 Å². The van der Waals surface area contributed by atoms with E-state index in [9.17, 15) is 0 Å². The zero-order valence-electron chi connectivity index (χ0n) is 12.2. The number of aliphatic imine (C=N–C) groups is 2. The van der Waals surface area contributed by atoms with Gasteiger partial charge in [0, 0.05) is 19.8 Å². The minimum absolute atomic E-state index is 0.867. The molecule has 0 aromatic carbocycles. The molecule has 0 aromatic heterocycles. The maximum absolute atomic E-state index is 4.45. The maximum atomic E-state index is 4.45. The van der Waals surface area contributed by atoms with E-state index in [1.54, 1.807) is 7.05 Å². The fourth-order valence-electron chi connectivity index (χ4n) is 1.45. The van der Waals surface area contributed by atoms with Crippen LogP contribution in [0, 0.1) is 0 Å². The SMILES string of the molecule is CC=CC(C)=CCC/C=C\C(C=NC)=NCCC. The van der Waals surface area contributed by atoms with Crippen molar-refractivity contribution in [2.75, 3.05) is 13.6 Å². The van der Waals surface area contributed by atoms with E-state index in [0.717, 1.165) is 31.5 Å². The number of hydrogen-bond acceptors (Lipinski definition) is 2. The molecule has 0 aliphatic heterocycles. The molecule has 0 saturated carbocycles. The van der Waals surface area contributed by atoms with Gasteiger partial charge in [-0.2, -0.15) is 0 Å². The van der Waals surface area contributed by atoms with Crippen LogP contribution in [-0.4, -0.2) is 25.5 Å². The highest BCUT2D eigenvalue weighted by atomic mass is 14.8. The molecule has 2 heteroatoms. The van der Waals surface area contributed by atoms with Crippen LogP contribution in [0.5, 0.6) is 0 Å². The summed E-state index contributed by atoms with van der Waals surface area (Å²) >= 11 is 0. The normalized spacial score (nSPS) is 14.4. The summed E-state index contributed by atoms with van der Waals surface area (Å²) in [5, 5.41) is 0. The van der Waals surface area contributed by atoms with Crippen molar-refractivity contribution in [3.05, 3.63) is 36.0 Å². The Kier molecular flexibility index (Phi) is 11.1. The van der Waals surface area contributed by atoms with Gasteiger partial charge in [-0.25, -0.2) is 0 Å². The molecule has 0 radical (unpaired) electrons. The predicted molar refractivity (Wildman–Crippen MR) is 84.0 cm³/mol. The molecule has 100 valence electrons. The average Bonchev–Trinajstić information content (AvgIpc) is 2.35. The van der Waals surface area contributed by atoms with Crippen molar-refractivity contribution in [3.63, 3.8) is 0 Å². The Morgan fingerprint density at radius 3 is 2.56 bits per heavy atom. The first-order valence-electron chi connectivity index (χ1n) is 6.67. The maximum Gasteiger partial charge on any atom is 0.0749 e. The highest BCUT2D eigenvalue weighted by molar-refractivity contribution is 6.35. The van der Waals surface area contributed by atoms with Gasteiger partial charge in [0.15, 0.2) is 0 Å². The Morgan fingerprint density at radius 1 is 1.17 bits per heavy atom. The summed E-state index contributed by atoms with van der Waals surface area (Å²) < 4.78 is 0. The Bertz CT molecular complexity index is 344. The smallest absolute Gasteiger partial charge is 0.0749 e. The zero-order chi connectivity index (χ0) is 13.6. The first-order valence-corrected chi connectivity index (χ1v) is 6.67. The molecule has 0 atom stereocenters. The van der Waals surface area contributed by atoms with Crippen LogP contribution >= 0.6 is 0 Å². The second kappa shape index (κ2) is 12.0. The lowest BCUT2D eigenvalue weighted by atomic mass is 10.2. The molecule has 0 rings (SSSR count). The quantitative estimate of drug-likeness (QED) is 0.344. The van der Waals surface area contributed by atoms with Crippen molar-refractivity contribution in [3.8, 4) is 0 Å². The minimum atomic E-state index is 0.867. The van der Waals surface area contributed by atoms with Gasteiger partial charge in [-0.1, -0.05) is 36.8 Å². The van der Waals surface area contributed by atoms with Crippen molar-refractivity contribution >= 4 is 11.9 Å². The fraction of sp³-hybridized carbons (Fsp3) is 0.500. The van der Waals surface area contributed by atoms with Gasteiger partial charge in [-0.15, -0.1) is 0 Å². The van der Waals surface area contributed by atoms with Gasteiger partial charge in [-0.3, -0.25) is 9.98 Å². The van der Waals surface area contributed by atoms with Gasteiger partial charge in [-0.05, 0) is 39.2 Å². The Hall–Kier alpha value is -1.44. The number of rotatable bonds is 8. The molecular weight excluding hydrogens is 220 g/mol. The molecule has 18 heavy (non-hydrogen) atoms. The molecule has 0 spiro atoms. The lowest BCUT2D eigenvalue weighted by molar-refractivity contribution is 0.935. The molecule has 2 nitrogen and oxygen atoms in total. The largest absolute Gasteiger partial charge is 0.294 e. The van der Waals surface area contributed by atoms with Crippen LogP contribution in [0.2, 0.25) is 0 Å². The molecule has 0 aromatic rings. The highest BCUT2D eigenvalue weighted by Crippen LogP contribution is 2.01.